The van der Waals surface area contributed by atoms with Gasteiger partial charge in [-0.1, -0.05) is 18.2 Å². The van der Waals surface area contributed by atoms with E-state index in [-0.39, 0.29) is 11.9 Å². The Morgan fingerprint density at radius 3 is 2.93 bits per heavy atom. The number of hydrogen-bond acceptors (Lipinski definition) is 5. The lowest BCUT2D eigenvalue weighted by molar-refractivity contribution is 0.101. The summed E-state index contributed by atoms with van der Waals surface area (Å²) < 4.78 is 7.49. The molecule has 0 bridgehead atoms. The van der Waals surface area contributed by atoms with Crippen LogP contribution in [0.2, 0.25) is 0 Å². The molecule has 2 fully saturated rings. The van der Waals surface area contributed by atoms with E-state index in [4.69, 9.17) is 9.72 Å². The van der Waals surface area contributed by atoms with E-state index in [1.54, 1.807) is 0 Å². The van der Waals surface area contributed by atoms with E-state index in [1.807, 2.05) is 29.0 Å². The third kappa shape index (κ3) is 4.00. The molecule has 2 aromatic heterocycles. The standard InChI is InChI=1S/C23H26N4O2S/c28-22(21-9-4-11-26(21)14-17-10-13-29-15-17)25-23-24-19(16-30-23)20-8-5-12-27(20)18-6-2-1-3-7-18/h1-4,6-7,9,11,16-17,20H,5,8,10,12-15H2,(H,24,25,28)/t17?,20-/m1/s1. The van der Waals surface area contributed by atoms with E-state index < -0.39 is 0 Å². The van der Waals surface area contributed by atoms with Gasteiger partial charge in [-0.2, -0.15) is 0 Å². The Kier molecular flexibility index (Phi) is 5.55. The van der Waals surface area contributed by atoms with Crippen molar-refractivity contribution in [1.82, 2.24) is 9.55 Å². The van der Waals surface area contributed by atoms with Crippen molar-refractivity contribution in [3.63, 3.8) is 0 Å². The predicted molar refractivity (Wildman–Crippen MR) is 119 cm³/mol. The number of thiazole rings is 1. The maximum atomic E-state index is 12.9. The van der Waals surface area contributed by atoms with Crippen molar-refractivity contribution in [1.29, 1.82) is 0 Å². The third-order valence-corrected chi connectivity index (χ3v) is 6.74. The summed E-state index contributed by atoms with van der Waals surface area (Å²) in [6.07, 6.45) is 5.25. The number of para-hydroxylation sites is 1. The summed E-state index contributed by atoms with van der Waals surface area (Å²) in [6.45, 7) is 3.43. The first-order valence-corrected chi connectivity index (χ1v) is 11.5. The molecule has 0 saturated carbocycles. The molecule has 3 aromatic rings. The number of ether oxygens (including phenoxy) is 1. The molecule has 2 aliphatic heterocycles. The highest BCUT2D eigenvalue weighted by atomic mass is 32.1. The van der Waals surface area contributed by atoms with Crippen LogP contribution in [0.15, 0.2) is 54.0 Å². The zero-order chi connectivity index (χ0) is 20.3. The molecule has 5 rings (SSSR count). The van der Waals surface area contributed by atoms with Gasteiger partial charge >= 0.3 is 0 Å². The summed E-state index contributed by atoms with van der Waals surface area (Å²) >= 11 is 1.50. The first kappa shape index (κ1) is 19.3. The fourth-order valence-electron chi connectivity index (χ4n) is 4.45. The number of carbonyl (C=O) groups excluding carboxylic acids is 1. The zero-order valence-corrected chi connectivity index (χ0v) is 17.7. The molecule has 0 spiro atoms. The van der Waals surface area contributed by atoms with E-state index >= 15 is 0 Å². The number of anilines is 2. The molecular weight excluding hydrogens is 396 g/mol. The quantitative estimate of drug-likeness (QED) is 0.632. The number of benzene rings is 1. The second kappa shape index (κ2) is 8.62. The largest absolute Gasteiger partial charge is 0.381 e. The Bertz CT molecular complexity index is 994. The fraction of sp³-hybridized carbons (Fsp3) is 0.391. The second-order valence-electron chi connectivity index (χ2n) is 7.99. The average molecular weight is 423 g/mol. The Morgan fingerprint density at radius 2 is 2.10 bits per heavy atom. The number of rotatable bonds is 6. The number of aromatic nitrogens is 2. The lowest BCUT2D eigenvalue weighted by atomic mass is 10.1. The first-order chi connectivity index (χ1) is 14.8. The lowest BCUT2D eigenvalue weighted by Gasteiger charge is -2.25. The molecule has 1 aromatic carbocycles. The van der Waals surface area contributed by atoms with Gasteiger partial charge in [0.15, 0.2) is 5.13 Å². The number of carbonyl (C=O) groups is 1. The molecule has 0 aliphatic carbocycles. The molecule has 7 heteroatoms. The SMILES string of the molecule is O=C(Nc1nc([C@H]2CCCN2c2ccccc2)cs1)c1cccn1CC1CCOC1. The van der Waals surface area contributed by atoms with Gasteiger partial charge in [-0.3, -0.25) is 10.1 Å². The number of amides is 1. The van der Waals surface area contributed by atoms with E-state index in [1.165, 1.54) is 17.0 Å². The first-order valence-electron chi connectivity index (χ1n) is 10.6. The van der Waals surface area contributed by atoms with Gasteiger partial charge in [-0.15, -0.1) is 11.3 Å². The van der Waals surface area contributed by atoms with E-state index in [9.17, 15) is 4.79 Å². The second-order valence-corrected chi connectivity index (χ2v) is 8.85. The van der Waals surface area contributed by atoms with Gasteiger partial charge in [0.25, 0.3) is 5.91 Å². The number of nitrogens with one attached hydrogen (secondary N) is 1. The lowest BCUT2D eigenvalue weighted by Crippen LogP contribution is -2.23. The van der Waals surface area contributed by atoms with Crippen LogP contribution in [0.25, 0.3) is 0 Å². The zero-order valence-electron chi connectivity index (χ0n) is 16.9. The van der Waals surface area contributed by atoms with Gasteiger partial charge < -0.3 is 14.2 Å². The monoisotopic (exact) mass is 422 g/mol. The van der Waals surface area contributed by atoms with Crippen LogP contribution in [0.5, 0.6) is 0 Å². The van der Waals surface area contributed by atoms with Crippen LogP contribution in [0.1, 0.15) is 41.5 Å². The Morgan fingerprint density at radius 1 is 1.20 bits per heavy atom. The number of hydrogen-bond donors (Lipinski definition) is 1. The summed E-state index contributed by atoms with van der Waals surface area (Å²) in [5.74, 6) is 0.368. The van der Waals surface area contributed by atoms with Gasteiger partial charge in [-0.05, 0) is 43.5 Å². The maximum absolute atomic E-state index is 12.9. The van der Waals surface area contributed by atoms with Crippen LogP contribution >= 0.6 is 11.3 Å². The van der Waals surface area contributed by atoms with Crippen LogP contribution in [0.3, 0.4) is 0 Å². The molecule has 1 N–H and O–H groups in total. The van der Waals surface area contributed by atoms with Crippen molar-refractivity contribution in [2.24, 2.45) is 5.92 Å². The molecular formula is C23H26N4O2S. The Labute approximate surface area is 180 Å². The summed E-state index contributed by atoms with van der Waals surface area (Å²) in [4.78, 5) is 20.1. The molecule has 2 atom stereocenters. The predicted octanol–water partition coefficient (Wildman–Crippen LogP) is 4.57. The Hall–Kier alpha value is -2.64. The topological polar surface area (TPSA) is 59.4 Å². The molecule has 2 saturated heterocycles. The highest BCUT2D eigenvalue weighted by molar-refractivity contribution is 7.14. The van der Waals surface area contributed by atoms with E-state index in [2.05, 4.69) is 39.9 Å². The maximum Gasteiger partial charge on any atom is 0.274 e. The molecule has 1 unspecified atom stereocenters. The molecule has 2 aliphatic rings. The average Bonchev–Trinajstić information content (AvgIpc) is 3.56. The van der Waals surface area contributed by atoms with Crippen LogP contribution in [-0.2, 0) is 11.3 Å². The minimum Gasteiger partial charge on any atom is -0.381 e. The van der Waals surface area contributed by atoms with Crippen molar-refractivity contribution < 1.29 is 9.53 Å². The summed E-state index contributed by atoms with van der Waals surface area (Å²) in [7, 11) is 0. The smallest absolute Gasteiger partial charge is 0.274 e. The minimum atomic E-state index is -0.105. The summed E-state index contributed by atoms with van der Waals surface area (Å²) in [6, 6.07) is 14.5. The summed E-state index contributed by atoms with van der Waals surface area (Å²) in [5, 5.41) is 5.74. The van der Waals surface area contributed by atoms with E-state index in [0.29, 0.717) is 16.7 Å². The van der Waals surface area contributed by atoms with Gasteiger partial charge in [0.2, 0.25) is 0 Å². The third-order valence-electron chi connectivity index (χ3n) is 5.97. The minimum absolute atomic E-state index is 0.105. The molecule has 0 radical (unpaired) electrons. The molecule has 6 nitrogen and oxygen atoms in total. The van der Waals surface area contributed by atoms with Crippen molar-refractivity contribution >= 4 is 28.1 Å². The highest BCUT2D eigenvalue weighted by Gasteiger charge is 2.28. The molecule has 156 valence electrons. The fourth-order valence-corrected chi connectivity index (χ4v) is 5.20. The van der Waals surface area contributed by atoms with Crippen LogP contribution in [-0.4, -0.2) is 35.2 Å². The molecule has 1 amide bonds. The van der Waals surface area contributed by atoms with Crippen molar-refractivity contribution in [2.45, 2.75) is 31.8 Å². The normalized spacial score (nSPS) is 21.3. The molecule has 30 heavy (non-hydrogen) atoms. The van der Waals surface area contributed by atoms with Gasteiger partial charge in [0.05, 0.1) is 18.3 Å². The summed E-state index contributed by atoms with van der Waals surface area (Å²) in [5.41, 5.74) is 2.94. The van der Waals surface area contributed by atoms with Crippen molar-refractivity contribution in [3.05, 3.63) is 65.4 Å². The van der Waals surface area contributed by atoms with Gasteiger partial charge in [0.1, 0.15) is 5.69 Å². The van der Waals surface area contributed by atoms with Crippen molar-refractivity contribution in [2.75, 3.05) is 30.0 Å². The highest BCUT2D eigenvalue weighted by Crippen LogP contribution is 2.37. The van der Waals surface area contributed by atoms with Crippen LogP contribution < -0.4 is 10.2 Å². The van der Waals surface area contributed by atoms with Crippen LogP contribution in [0.4, 0.5) is 10.8 Å². The number of nitrogens with zero attached hydrogens (tertiary/aromatic N) is 3. The van der Waals surface area contributed by atoms with Gasteiger partial charge in [0, 0.05) is 42.9 Å². The van der Waals surface area contributed by atoms with Crippen LogP contribution in [0, 0.1) is 5.92 Å². The van der Waals surface area contributed by atoms with E-state index in [0.717, 1.165) is 51.3 Å². The van der Waals surface area contributed by atoms with Gasteiger partial charge in [-0.25, -0.2) is 4.98 Å². The molecule has 4 heterocycles. The van der Waals surface area contributed by atoms with Crippen molar-refractivity contribution in [3.8, 4) is 0 Å². The Balaban J connectivity index is 1.27.